The number of imide groups is 2. The minimum Gasteiger partial charge on any atom is -0.508 e. The number of amides is 4. The van der Waals surface area contributed by atoms with Gasteiger partial charge in [0.05, 0.1) is 33.6 Å². The molecule has 0 atom stereocenters. The highest BCUT2D eigenvalue weighted by atomic mass is 16.7. The van der Waals surface area contributed by atoms with E-state index in [1.54, 1.807) is 0 Å². The van der Waals surface area contributed by atoms with E-state index < -0.39 is 23.6 Å². The third kappa shape index (κ3) is 4.00. The SMILES string of the molecule is O=C1c2ccc(OCOc3ccc4c(c3)C(=O)N(c3ccc(O)cc3)C4=O)cc2C(=O)N1c1ccc(O)cc1. The minimum atomic E-state index is -0.521. The zero-order valence-corrected chi connectivity index (χ0v) is 20.0. The van der Waals surface area contributed by atoms with Crippen molar-refractivity contribution in [1.82, 2.24) is 0 Å². The predicted octanol–water partition coefficient (Wildman–Crippen LogP) is 4.11. The summed E-state index contributed by atoms with van der Waals surface area (Å²) in [5.41, 5.74) is 1.45. The number of aromatic hydroxyl groups is 2. The van der Waals surface area contributed by atoms with E-state index in [2.05, 4.69) is 0 Å². The van der Waals surface area contributed by atoms with Crippen LogP contribution in [0.15, 0.2) is 84.9 Å². The van der Waals surface area contributed by atoms with Gasteiger partial charge in [0, 0.05) is 0 Å². The fourth-order valence-electron chi connectivity index (χ4n) is 4.46. The van der Waals surface area contributed by atoms with E-state index in [0.29, 0.717) is 11.4 Å². The summed E-state index contributed by atoms with van der Waals surface area (Å²) in [5.74, 6) is -1.41. The number of rotatable bonds is 6. The summed E-state index contributed by atoms with van der Waals surface area (Å²) >= 11 is 0. The molecule has 6 rings (SSSR count). The molecule has 10 heteroatoms. The summed E-state index contributed by atoms with van der Waals surface area (Å²) in [6.07, 6.45) is 0. The maximum Gasteiger partial charge on any atom is 0.266 e. The highest BCUT2D eigenvalue weighted by Crippen LogP contribution is 2.33. The van der Waals surface area contributed by atoms with E-state index in [9.17, 15) is 29.4 Å². The minimum absolute atomic E-state index is 0.0139. The maximum atomic E-state index is 12.9. The van der Waals surface area contributed by atoms with Gasteiger partial charge in [0.1, 0.15) is 23.0 Å². The van der Waals surface area contributed by atoms with Crippen LogP contribution < -0.4 is 19.3 Å². The van der Waals surface area contributed by atoms with Crippen molar-refractivity contribution in [3.63, 3.8) is 0 Å². The van der Waals surface area contributed by atoms with Crippen molar-refractivity contribution in [3.05, 3.63) is 107 Å². The molecule has 2 heterocycles. The zero-order chi connectivity index (χ0) is 27.3. The second-order valence-electron chi connectivity index (χ2n) is 8.75. The number of carbonyl (C=O) groups excluding carboxylic acids is 4. The number of hydrogen-bond acceptors (Lipinski definition) is 8. The van der Waals surface area contributed by atoms with Crippen LogP contribution in [-0.2, 0) is 0 Å². The average Bonchev–Trinajstić information content (AvgIpc) is 3.33. The molecule has 0 saturated heterocycles. The number of fused-ring (bicyclic) bond motifs is 2. The molecule has 192 valence electrons. The van der Waals surface area contributed by atoms with E-state index in [1.165, 1.54) is 84.9 Å². The summed E-state index contributed by atoms with van der Waals surface area (Å²) in [6.45, 7) is -0.273. The highest BCUT2D eigenvalue weighted by molar-refractivity contribution is 6.35. The number of ether oxygens (including phenoxy) is 2. The van der Waals surface area contributed by atoms with Crippen LogP contribution in [0.4, 0.5) is 11.4 Å². The van der Waals surface area contributed by atoms with Crippen LogP contribution in [0.25, 0.3) is 0 Å². The van der Waals surface area contributed by atoms with Gasteiger partial charge in [-0.3, -0.25) is 19.2 Å². The first-order valence-corrected chi connectivity index (χ1v) is 11.7. The zero-order valence-electron chi connectivity index (χ0n) is 20.0. The monoisotopic (exact) mass is 522 g/mol. The normalized spacial score (nSPS) is 14.1. The Bertz CT molecular complexity index is 1550. The molecule has 39 heavy (non-hydrogen) atoms. The fraction of sp³-hybridized carbons (Fsp3) is 0.0345. The number of carbonyl (C=O) groups is 4. The summed E-state index contributed by atoms with van der Waals surface area (Å²) in [4.78, 5) is 53.5. The van der Waals surface area contributed by atoms with Gasteiger partial charge in [0.25, 0.3) is 23.6 Å². The van der Waals surface area contributed by atoms with Crippen LogP contribution in [0.5, 0.6) is 23.0 Å². The van der Waals surface area contributed by atoms with Crippen LogP contribution in [0.1, 0.15) is 41.4 Å². The number of phenolic OH excluding ortho intramolecular Hbond substituents is 2. The predicted molar refractivity (Wildman–Crippen MR) is 138 cm³/mol. The van der Waals surface area contributed by atoms with E-state index >= 15 is 0 Å². The molecule has 2 N–H and O–H groups in total. The van der Waals surface area contributed by atoms with Gasteiger partial charge in [-0.1, -0.05) is 0 Å². The van der Waals surface area contributed by atoms with Crippen molar-refractivity contribution < 1.29 is 38.9 Å². The number of nitrogens with zero attached hydrogens (tertiary/aromatic N) is 2. The lowest BCUT2D eigenvalue weighted by atomic mass is 10.1. The van der Waals surface area contributed by atoms with Crippen LogP contribution in [0, 0.1) is 0 Å². The molecule has 0 aliphatic carbocycles. The molecule has 0 fully saturated rings. The van der Waals surface area contributed by atoms with E-state index in [1.807, 2.05) is 0 Å². The van der Waals surface area contributed by atoms with Crippen molar-refractivity contribution in [1.29, 1.82) is 0 Å². The van der Waals surface area contributed by atoms with Crippen molar-refractivity contribution in [2.45, 2.75) is 0 Å². The number of anilines is 2. The first kappa shape index (κ1) is 23.7. The third-order valence-electron chi connectivity index (χ3n) is 6.38. The molecular formula is C29H18N2O8. The molecular weight excluding hydrogens is 504 g/mol. The second kappa shape index (κ2) is 9.03. The first-order chi connectivity index (χ1) is 18.8. The quantitative estimate of drug-likeness (QED) is 0.285. The number of hydrogen-bond donors (Lipinski definition) is 2. The van der Waals surface area contributed by atoms with Gasteiger partial charge in [-0.2, -0.15) is 0 Å². The Kier molecular flexibility index (Phi) is 5.50. The number of benzene rings is 4. The van der Waals surface area contributed by atoms with Crippen LogP contribution in [0.2, 0.25) is 0 Å². The van der Waals surface area contributed by atoms with Crippen LogP contribution >= 0.6 is 0 Å². The van der Waals surface area contributed by atoms with E-state index in [-0.39, 0.29) is 52.0 Å². The topological polar surface area (TPSA) is 134 Å². The molecule has 2 aliphatic heterocycles. The molecule has 4 aromatic rings. The Morgan fingerprint density at radius 2 is 0.846 bits per heavy atom. The Hall–Kier alpha value is -5.64. The van der Waals surface area contributed by atoms with Crippen molar-refractivity contribution in [2.75, 3.05) is 16.6 Å². The smallest absolute Gasteiger partial charge is 0.266 e. The van der Waals surface area contributed by atoms with E-state index in [4.69, 9.17) is 9.47 Å². The summed E-state index contributed by atoms with van der Waals surface area (Å²) in [7, 11) is 0. The van der Waals surface area contributed by atoms with Crippen molar-refractivity contribution in [2.24, 2.45) is 0 Å². The second-order valence-corrected chi connectivity index (χ2v) is 8.75. The van der Waals surface area contributed by atoms with Gasteiger partial charge in [0.2, 0.25) is 6.79 Å². The largest absolute Gasteiger partial charge is 0.508 e. The highest BCUT2D eigenvalue weighted by Gasteiger charge is 2.38. The van der Waals surface area contributed by atoms with Crippen molar-refractivity contribution >= 4 is 35.0 Å². The summed E-state index contributed by atoms with van der Waals surface area (Å²) in [6, 6.07) is 20.4. The lowest BCUT2D eigenvalue weighted by Gasteiger charge is -2.13. The molecule has 0 bridgehead atoms. The third-order valence-corrected chi connectivity index (χ3v) is 6.38. The summed E-state index contributed by atoms with van der Waals surface area (Å²) in [5, 5.41) is 19.0. The molecule has 2 aliphatic rings. The molecule has 0 aromatic heterocycles. The fourth-order valence-corrected chi connectivity index (χ4v) is 4.46. The average molecular weight is 522 g/mol. The van der Waals surface area contributed by atoms with Crippen LogP contribution in [-0.4, -0.2) is 40.6 Å². The first-order valence-electron chi connectivity index (χ1n) is 11.7. The number of phenols is 2. The molecule has 10 nitrogen and oxygen atoms in total. The van der Waals surface area contributed by atoms with Gasteiger partial charge in [-0.05, 0) is 84.9 Å². The van der Waals surface area contributed by atoms with Gasteiger partial charge in [0.15, 0.2) is 0 Å². The molecule has 0 spiro atoms. The van der Waals surface area contributed by atoms with E-state index in [0.717, 1.165) is 9.80 Å². The molecule has 0 unspecified atom stereocenters. The Balaban J connectivity index is 1.14. The molecule has 4 aromatic carbocycles. The molecule has 4 amide bonds. The molecule has 0 radical (unpaired) electrons. The standard InChI is InChI=1S/C29H18N2O8/c32-18-5-1-16(2-6-18)30-26(34)22-11-9-20(13-24(22)28(30)36)38-15-39-21-10-12-23-25(14-21)29(37)31(27(23)35)17-3-7-19(33)8-4-17/h1-14,32-33H,15H2. The Morgan fingerprint density at radius 3 is 1.23 bits per heavy atom. The van der Waals surface area contributed by atoms with Crippen LogP contribution in [0.3, 0.4) is 0 Å². The lowest BCUT2D eigenvalue weighted by molar-refractivity contribution is 0.0910. The van der Waals surface area contributed by atoms with Gasteiger partial charge in [-0.25, -0.2) is 9.80 Å². The lowest BCUT2D eigenvalue weighted by Crippen LogP contribution is -2.29. The summed E-state index contributed by atoms with van der Waals surface area (Å²) < 4.78 is 11.2. The van der Waals surface area contributed by atoms with Crippen molar-refractivity contribution in [3.8, 4) is 23.0 Å². The Morgan fingerprint density at radius 1 is 0.487 bits per heavy atom. The van der Waals surface area contributed by atoms with Gasteiger partial charge >= 0.3 is 0 Å². The molecule has 0 saturated carbocycles. The maximum absolute atomic E-state index is 12.9. The Labute approximate surface area is 220 Å². The van der Waals surface area contributed by atoms with Gasteiger partial charge < -0.3 is 19.7 Å². The van der Waals surface area contributed by atoms with Gasteiger partial charge in [-0.15, -0.1) is 0 Å².